The lowest BCUT2D eigenvalue weighted by atomic mass is 9.87. The molecule has 6 nitrogen and oxygen atoms in total. The van der Waals surface area contributed by atoms with Crippen LogP contribution in [-0.2, 0) is 26.7 Å². The monoisotopic (exact) mass is 464 g/mol. The average molecular weight is 465 g/mol. The molecule has 0 saturated carbocycles. The number of sulfonamides is 1. The van der Waals surface area contributed by atoms with Crippen LogP contribution in [0.2, 0.25) is 0 Å². The van der Waals surface area contributed by atoms with E-state index in [1.54, 1.807) is 16.4 Å². The van der Waals surface area contributed by atoms with Crippen molar-refractivity contribution >= 4 is 27.3 Å². The number of hydrogen-bond acceptors (Lipinski definition) is 5. The van der Waals surface area contributed by atoms with Gasteiger partial charge in [-0.3, -0.25) is 4.79 Å². The van der Waals surface area contributed by atoms with Crippen LogP contribution >= 0.6 is 11.3 Å². The molecule has 1 aliphatic rings. The predicted octanol–water partition coefficient (Wildman–Crippen LogP) is 3.96. The molecule has 3 rings (SSSR count). The second kappa shape index (κ2) is 10.1. The Hall–Kier alpha value is -1.90. The topological polar surface area (TPSA) is 75.7 Å². The molecule has 1 aromatic carbocycles. The normalized spacial score (nSPS) is 15.6. The summed E-state index contributed by atoms with van der Waals surface area (Å²) in [7, 11) is -3.44. The predicted molar refractivity (Wildman–Crippen MR) is 124 cm³/mol. The third kappa shape index (κ3) is 6.54. The fourth-order valence-corrected chi connectivity index (χ4v) is 6.48. The SMILES string of the molecule is CC(C)(C)c1ccc(OCCNC(=O)Cc2ccc(S(=O)(=O)N3CCCCC3)s2)cc1. The molecule has 0 unspecified atom stereocenters. The fourth-order valence-electron chi connectivity index (χ4n) is 3.46. The number of benzene rings is 1. The molecular weight excluding hydrogens is 432 g/mol. The van der Waals surface area contributed by atoms with Gasteiger partial charge in [0.25, 0.3) is 10.0 Å². The van der Waals surface area contributed by atoms with Crippen LogP contribution in [0.1, 0.15) is 50.5 Å². The van der Waals surface area contributed by atoms with Crippen molar-refractivity contribution in [3.63, 3.8) is 0 Å². The van der Waals surface area contributed by atoms with Gasteiger partial charge in [0.2, 0.25) is 5.91 Å². The summed E-state index contributed by atoms with van der Waals surface area (Å²) < 4.78 is 33.0. The molecule has 1 N–H and O–H groups in total. The summed E-state index contributed by atoms with van der Waals surface area (Å²) >= 11 is 1.18. The Morgan fingerprint density at radius 3 is 2.39 bits per heavy atom. The standard InChI is InChI=1S/C23H32N2O4S2/c1-23(2,3)18-7-9-19(10-8-18)29-16-13-24-21(26)17-20-11-12-22(30-20)31(27,28)25-14-5-4-6-15-25/h7-12H,4-6,13-17H2,1-3H3,(H,24,26). The van der Waals surface area contributed by atoms with E-state index in [-0.39, 0.29) is 17.7 Å². The molecule has 1 saturated heterocycles. The number of nitrogens with zero attached hydrogens (tertiary/aromatic N) is 1. The minimum absolute atomic E-state index is 0.0985. The molecule has 1 fully saturated rings. The molecule has 0 atom stereocenters. The summed E-state index contributed by atoms with van der Waals surface area (Å²) in [5.41, 5.74) is 1.34. The van der Waals surface area contributed by atoms with E-state index in [1.807, 2.05) is 12.1 Å². The highest BCUT2D eigenvalue weighted by molar-refractivity contribution is 7.91. The van der Waals surface area contributed by atoms with Crippen molar-refractivity contribution in [3.8, 4) is 5.75 Å². The van der Waals surface area contributed by atoms with E-state index in [2.05, 4.69) is 38.2 Å². The Bertz CT molecular complexity index is 970. The Morgan fingerprint density at radius 2 is 1.74 bits per heavy atom. The zero-order valence-corrected chi connectivity index (χ0v) is 20.2. The van der Waals surface area contributed by atoms with Crippen molar-refractivity contribution in [2.75, 3.05) is 26.2 Å². The summed E-state index contributed by atoms with van der Waals surface area (Å²) in [6, 6.07) is 11.3. The van der Waals surface area contributed by atoms with Crippen LogP contribution < -0.4 is 10.1 Å². The zero-order valence-electron chi connectivity index (χ0n) is 18.5. The first-order valence-electron chi connectivity index (χ1n) is 10.8. The van der Waals surface area contributed by atoms with Crippen LogP contribution in [0.15, 0.2) is 40.6 Å². The molecule has 1 aliphatic heterocycles. The number of piperidine rings is 1. The molecule has 170 valence electrons. The van der Waals surface area contributed by atoms with E-state index in [4.69, 9.17) is 4.74 Å². The van der Waals surface area contributed by atoms with Gasteiger partial charge in [-0.05, 0) is 48.1 Å². The van der Waals surface area contributed by atoms with Gasteiger partial charge in [0, 0.05) is 18.0 Å². The first-order valence-corrected chi connectivity index (χ1v) is 13.0. The number of thiophene rings is 1. The van der Waals surface area contributed by atoms with Crippen LogP contribution in [-0.4, -0.2) is 44.9 Å². The molecule has 1 amide bonds. The van der Waals surface area contributed by atoms with Gasteiger partial charge in [0.1, 0.15) is 16.6 Å². The van der Waals surface area contributed by atoms with Gasteiger partial charge >= 0.3 is 0 Å². The summed E-state index contributed by atoms with van der Waals surface area (Å²) in [6.07, 6.45) is 3.06. The summed E-state index contributed by atoms with van der Waals surface area (Å²) in [5, 5.41) is 2.83. The maximum Gasteiger partial charge on any atom is 0.252 e. The van der Waals surface area contributed by atoms with Crippen molar-refractivity contribution in [1.82, 2.24) is 9.62 Å². The van der Waals surface area contributed by atoms with Gasteiger partial charge in [-0.15, -0.1) is 11.3 Å². The van der Waals surface area contributed by atoms with Crippen LogP contribution in [0, 0.1) is 0 Å². The second-order valence-corrected chi connectivity index (χ2v) is 12.2. The Morgan fingerprint density at radius 1 is 1.06 bits per heavy atom. The van der Waals surface area contributed by atoms with Crippen LogP contribution in [0.5, 0.6) is 5.75 Å². The first kappa shape index (κ1) is 23.8. The minimum Gasteiger partial charge on any atom is -0.492 e. The number of hydrogen-bond donors (Lipinski definition) is 1. The first-order chi connectivity index (χ1) is 14.7. The lowest BCUT2D eigenvalue weighted by Crippen LogP contribution is -2.35. The number of ether oxygens (including phenoxy) is 1. The third-order valence-corrected chi connectivity index (χ3v) is 8.75. The van der Waals surface area contributed by atoms with Gasteiger partial charge in [0.05, 0.1) is 13.0 Å². The molecule has 2 heterocycles. The van der Waals surface area contributed by atoms with Crippen LogP contribution in [0.4, 0.5) is 0 Å². The largest absolute Gasteiger partial charge is 0.492 e. The quantitative estimate of drug-likeness (QED) is 0.600. The van der Waals surface area contributed by atoms with E-state index in [9.17, 15) is 13.2 Å². The second-order valence-electron chi connectivity index (χ2n) is 8.84. The van der Waals surface area contributed by atoms with Gasteiger partial charge in [-0.1, -0.05) is 39.3 Å². The molecule has 0 bridgehead atoms. The highest BCUT2D eigenvalue weighted by Gasteiger charge is 2.27. The van der Waals surface area contributed by atoms with Crippen LogP contribution in [0.25, 0.3) is 0 Å². The molecule has 31 heavy (non-hydrogen) atoms. The van der Waals surface area contributed by atoms with E-state index in [1.165, 1.54) is 16.9 Å². The van der Waals surface area contributed by atoms with E-state index >= 15 is 0 Å². The average Bonchev–Trinajstić information content (AvgIpc) is 3.21. The summed E-state index contributed by atoms with van der Waals surface area (Å²) in [5.74, 6) is 0.628. The lowest BCUT2D eigenvalue weighted by Gasteiger charge is -2.25. The Kier molecular flexibility index (Phi) is 7.78. The molecule has 0 spiro atoms. The molecular formula is C23H32N2O4S2. The minimum atomic E-state index is -3.44. The maximum atomic E-state index is 12.7. The van der Waals surface area contributed by atoms with Gasteiger partial charge in [-0.25, -0.2) is 8.42 Å². The third-order valence-electron chi connectivity index (χ3n) is 5.29. The van der Waals surface area contributed by atoms with Gasteiger partial charge < -0.3 is 10.1 Å². The number of carbonyl (C=O) groups is 1. The van der Waals surface area contributed by atoms with Crippen molar-refractivity contribution in [3.05, 3.63) is 46.8 Å². The number of rotatable bonds is 8. The van der Waals surface area contributed by atoms with Crippen molar-refractivity contribution in [2.45, 2.75) is 56.1 Å². The fraction of sp³-hybridized carbons (Fsp3) is 0.522. The summed E-state index contributed by atoms with van der Waals surface area (Å²) in [4.78, 5) is 13.0. The van der Waals surface area contributed by atoms with Crippen LogP contribution in [0.3, 0.4) is 0 Å². The molecule has 0 radical (unpaired) electrons. The highest BCUT2D eigenvalue weighted by atomic mass is 32.2. The molecule has 1 aromatic heterocycles. The molecule has 0 aliphatic carbocycles. The van der Waals surface area contributed by atoms with Crippen molar-refractivity contribution in [1.29, 1.82) is 0 Å². The van der Waals surface area contributed by atoms with Gasteiger partial charge in [-0.2, -0.15) is 4.31 Å². The lowest BCUT2D eigenvalue weighted by molar-refractivity contribution is -0.120. The summed E-state index contributed by atoms with van der Waals surface area (Å²) in [6.45, 7) is 8.42. The van der Waals surface area contributed by atoms with E-state index < -0.39 is 10.0 Å². The van der Waals surface area contributed by atoms with Crippen molar-refractivity contribution in [2.24, 2.45) is 0 Å². The molecule has 8 heteroatoms. The smallest absolute Gasteiger partial charge is 0.252 e. The van der Waals surface area contributed by atoms with Gasteiger partial charge in [0.15, 0.2) is 0 Å². The van der Waals surface area contributed by atoms with Crippen molar-refractivity contribution < 1.29 is 17.9 Å². The van der Waals surface area contributed by atoms with E-state index in [0.29, 0.717) is 30.5 Å². The number of amides is 1. The highest BCUT2D eigenvalue weighted by Crippen LogP contribution is 2.27. The number of carbonyl (C=O) groups excluding carboxylic acids is 1. The molecule has 2 aromatic rings. The van der Waals surface area contributed by atoms with E-state index in [0.717, 1.165) is 29.9 Å². The Balaban J connectivity index is 1.43. The number of nitrogens with one attached hydrogen (secondary N) is 1. The zero-order chi connectivity index (χ0) is 22.5. The Labute approximate surface area is 189 Å². The maximum absolute atomic E-state index is 12.7.